The Kier molecular flexibility index (Phi) is 3.72. The number of nitrogens with zero attached hydrogens (tertiary/aromatic N) is 3. The van der Waals surface area contributed by atoms with Gasteiger partial charge in [-0.05, 0) is 56.2 Å². The smallest absolute Gasteiger partial charge is 0.227 e. The summed E-state index contributed by atoms with van der Waals surface area (Å²) in [7, 11) is 0. The highest BCUT2D eigenvalue weighted by molar-refractivity contribution is 6.31. The van der Waals surface area contributed by atoms with Crippen molar-refractivity contribution >= 4 is 33.7 Å². The van der Waals surface area contributed by atoms with Crippen LogP contribution in [0.15, 0.2) is 40.8 Å². The standard InChI is InChI=1S/C20H18ClN3O2/c1-12-22-16-10-13(20-23-17-11-14(21)3-5-19(17)26-20)2-4-18(16)24(12)15-6-8-25-9-7-15/h2-5,10-11,15H,6-9H2,1H3. The molecule has 0 spiro atoms. The molecule has 26 heavy (non-hydrogen) atoms. The Morgan fingerprint density at radius 2 is 1.88 bits per heavy atom. The van der Waals surface area contributed by atoms with E-state index in [1.807, 2.05) is 24.3 Å². The number of aromatic nitrogens is 3. The number of ether oxygens (including phenoxy) is 1. The molecule has 5 nitrogen and oxygen atoms in total. The van der Waals surface area contributed by atoms with Crippen molar-refractivity contribution in [3.8, 4) is 11.5 Å². The first kappa shape index (κ1) is 15.9. The SMILES string of the molecule is Cc1nc2cc(-c3nc4cc(Cl)ccc4o3)ccc2n1C1CCOCC1. The zero-order valence-electron chi connectivity index (χ0n) is 14.4. The molecule has 2 aromatic heterocycles. The topological polar surface area (TPSA) is 53.1 Å². The van der Waals surface area contributed by atoms with Crippen molar-refractivity contribution in [2.24, 2.45) is 0 Å². The number of oxazole rings is 1. The lowest BCUT2D eigenvalue weighted by Gasteiger charge is -2.25. The lowest BCUT2D eigenvalue weighted by atomic mass is 10.1. The second-order valence-corrected chi connectivity index (χ2v) is 7.14. The van der Waals surface area contributed by atoms with Gasteiger partial charge >= 0.3 is 0 Å². The third-order valence-corrected chi connectivity index (χ3v) is 5.25. The Labute approximate surface area is 155 Å². The summed E-state index contributed by atoms with van der Waals surface area (Å²) in [4.78, 5) is 9.34. The summed E-state index contributed by atoms with van der Waals surface area (Å²) in [5.74, 6) is 1.62. The molecule has 0 atom stereocenters. The number of halogens is 1. The summed E-state index contributed by atoms with van der Waals surface area (Å²) >= 11 is 6.04. The second kappa shape index (κ2) is 6.11. The number of imidazole rings is 1. The Bertz CT molecular complexity index is 1110. The molecule has 1 aliphatic heterocycles. The fourth-order valence-corrected chi connectivity index (χ4v) is 3.95. The van der Waals surface area contributed by atoms with Crippen LogP contribution in [0.3, 0.4) is 0 Å². The Morgan fingerprint density at radius 3 is 2.73 bits per heavy atom. The average molecular weight is 368 g/mol. The zero-order valence-corrected chi connectivity index (χ0v) is 15.2. The highest BCUT2D eigenvalue weighted by Gasteiger charge is 2.20. The van der Waals surface area contributed by atoms with E-state index in [9.17, 15) is 0 Å². The summed E-state index contributed by atoms with van der Waals surface area (Å²) in [6, 6.07) is 12.1. The van der Waals surface area contributed by atoms with Gasteiger partial charge in [0.05, 0.1) is 11.0 Å². The average Bonchev–Trinajstić information content (AvgIpc) is 3.21. The molecular weight excluding hydrogens is 350 g/mol. The molecule has 3 heterocycles. The summed E-state index contributed by atoms with van der Waals surface area (Å²) in [5, 5.41) is 0.652. The number of aryl methyl sites for hydroxylation is 1. The van der Waals surface area contributed by atoms with Gasteiger partial charge in [0.2, 0.25) is 5.89 Å². The molecule has 0 bridgehead atoms. The van der Waals surface area contributed by atoms with Crippen molar-refractivity contribution in [3.05, 3.63) is 47.2 Å². The van der Waals surface area contributed by atoms with Crippen LogP contribution >= 0.6 is 11.6 Å². The summed E-state index contributed by atoms with van der Waals surface area (Å²) in [6.45, 7) is 3.69. The van der Waals surface area contributed by atoms with Gasteiger partial charge in [-0.2, -0.15) is 0 Å². The normalized spacial score (nSPS) is 15.9. The molecule has 0 unspecified atom stereocenters. The molecule has 1 fully saturated rings. The minimum atomic E-state index is 0.450. The molecule has 1 saturated heterocycles. The largest absolute Gasteiger partial charge is 0.436 e. The minimum Gasteiger partial charge on any atom is -0.436 e. The van der Waals surface area contributed by atoms with Crippen molar-refractivity contribution in [2.45, 2.75) is 25.8 Å². The monoisotopic (exact) mass is 367 g/mol. The van der Waals surface area contributed by atoms with Crippen LogP contribution in [0.5, 0.6) is 0 Å². The number of benzene rings is 2. The van der Waals surface area contributed by atoms with Gasteiger partial charge < -0.3 is 13.7 Å². The minimum absolute atomic E-state index is 0.450. The molecule has 0 amide bonds. The van der Waals surface area contributed by atoms with Gasteiger partial charge in [-0.1, -0.05) is 11.6 Å². The van der Waals surface area contributed by atoms with Gasteiger partial charge in [0.15, 0.2) is 5.58 Å². The Morgan fingerprint density at radius 1 is 1.04 bits per heavy atom. The summed E-state index contributed by atoms with van der Waals surface area (Å²) in [5.41, 5.74) is 4.52. The maximum absolute atomic E-state index is 6.04. The first-order chi connectivity index (χ1) is 12.7. The molecule has 0 saturated carbocycles. The maximum atomic E-state index is 6.04. The van der Waals surface area contributed by atoms with Gasteiger partial charge in [0.1, 0.15) is 11.3 Å². The van der Waals surface area contributed by atoms with Crippen LogP contribution in [0.4, 0.5) is 0 Å². The van der Waals surface area contributed by atoms with E-state index in [1.54, 1.807) is 6.07 Å². The predicted molar refractivity (Wildman–Crippen MR) is 102 cm³/mol. The van der Waals surface area contributed by atoms with E-state index >= 15 is 0 Å². The molecule has 2 aromatic carbocycles. The molecule has 0 radical (unpaired) electrons. The van der Waals surface area contributed by atoms with E-state index in [-0.39, 0.29) is 0 Å². The highest BCUT2D eigenvalue weighted by Crippen LogP contribution is 2.31. The van der Waals surface area contributed by atoms with Crippen molar-refractivity contribution in [1.82, 2.24) is 14.5 Å². The van der Waals surface area contributed by atoms with Gasteiger partial charge in [-0.3, -0.25) is 0 Å². The van der Waals surface area contributed by atoms with E-state index in [0.29, 0.717) is 17.0 Å². The van der Waals surface area contributed by atoms with Crippen LogP contribution in [0.1, 0.15) is 24.7 Å². The maximum Gasteiger partial charge on any atom is 0.227 e. The van der Waals surface area contributed by atoms with Crippen molar-refractivity contribution in [2.75, 3.05) is 13.2 Å². The van der Waals surface area contributed by atoms with Gasteiger partial charge in [0, 0.05) is 29.8 Å². The fourth-order valence-electron chi connectivity index (χ4n) is 3.78. The van der Waals surface area contributed by atoms with Crippen LogP contribution in [0.25, 0.3) is 33.6 Å². The lowest BCUT2D eigenvalue weighted by molar-refractivity contribution is 0.0701. The van der Waals surface area contributed by atoms with Crippen LogP contribution in [0, 0.1) is 6.92 Å². The van der Waals surface area contributed by atoms with Crippen LogP contribution in [-0.4, -0.2) is 27.7 Å². The molecule has 1 aliphatic rings. The lowest BCUT2D eigenvalue weighted by Crippen LogP contribution is -2.20. The van der Waals surface area contributed by atoms with Gasteiger partial charge in [-0.15, -0.1) is 0 Å². The molecule has 6 heteroatoms. The predicted octanol–water partition coefficient (Wildman–Crippen LogP) is 5.16. The molecule has 0 aliphatic carbocycles. The second-order valence-electron chi connectivity index (χ2n) is 6.71. The number of hydrogen-bond donors (Lipinski definition) is 0. The molecule has 0 N–H and O–H groups in total. The number of rotatable bonds is 2. The van der Waals surface area contributed by atoms with E-state index in [2.05, 4.69) is 22.5 Å². The quantitative estimate of drug-likeness (QED) is 0.491. The summed E-state index contributed by atoms with van der Waals surface area (Å²) in [6.07, 6.45) is 2.06. The van der Waals surface area contributed by atoms with Crippen LogP contribution < -0.4 is 0 Å². The molecule has 4 aromatic rings. The highest BCUT2D eigenvalue weighted by atomic mass is 35.5. The summed E-state index contributed by atoms with van der Waals surface area (Å²) < 4.78 is 13.7. The molecular formula is C20H18ClN3O2. The van der Waals surface area contributed by atoms with Gasteiger partial charge in [0.25, 0.3) is 0 Å². The van der Waals surface area contributed by atoms with E-state index in [1.165, 1.54) is 0 Å². The van der Waals surface area contributed by atoms with Crippen molar-refractivity contribution in [3.63, 3.8) is 0 Å². The third kappa shape index (κ3) is 2.59. The third-order valence-electron chi connectivity index (χ3n) is 5.02. The van der Waals surface area contributed by atoms with Crippen molar-refractivity contribution in [1.29, 1.82) is 0 Å². The van der Waals surface area contributed by atoms with Crippen molar-refractivity contribution < 1.29 is 9.15 Å². The van der Waals surface area contributed by atoms with Gasteiger partial charge in [-0.25, -0.2) is 9.97 Å². The van der Waals surface area contributed by atoms with E-state index in [0.717, 1.165) is 59.6 Å². The van der Waals surface area contributed by atoms with Crippen LogP contribution in [0.2, 0.25) is 5.02 Å². The first-order valence-electron chi connectivity index (χ1n) is 8.82. The zero-order chi connectivity index (χ0) is 17.7. The number of hydrogen-bond acceptors (Lipinski definition) is 4. The molecule has 132 valence electrons. The Balaban J connectivity index is 1.59. The number of fused-ring (bicyclic) bond motifs is 2. The first-order valence-corrected chi connectivity index (χ1v) is 9.19. The van der Waals surface area contributed by atoms with E-state index < -0.39 is 0 Å². The Hall–Kier alpha value is -2.37. The molecule has 5 rings (SSSR count). The van der Waals surface area contributed by atoms with Crippen LogP contribution in [-0.2, 0) is 4.74 Å². The fraction of sp³-hybridized carbons (Fsp3) is 0.300. The van der Waals surface area contributed by atoms with E-state index in [4.69, 9.17) is 25.7 Å².